The molecule has 0 fully saturated rings. The highest BCUT2D eigenvalue weighted by Crippen LogP contribution is 2.10. The number of guanidine groups is 1. The molecular formula is C19H30N6O. The van der Waals surface area contributed by atoms with Crippen LogP contribution in [0, 0.1) is 5.92 Å². The van der Waals surface area contributed by atoms with Gasteiger partial charge in [-0.2, -0.15) is 0 Å². The Labute approximate surface area is 155 Å². The second-order valence-corrected chi connectivity index (χ2v) is 6.37. The van der Waals surface area contributed by atoms with Crippen LogP contribution in [0.25, 0.3) is 5.82 Å². The zero-order chi connectivity index (χ0) is 18.8. The molecule has 7 nitrogen and oxygen atoms in total. The monoisotopic (exact) mass is 358 g/mol. The first-order chi connectivity index (χ1) is 12.6. The van der Waals surface area contributed by atoms with E-state index in [1.54, 1.807) is 25.8 Å². The van der Waals surface area contributed by atoms with Crippen LogP contribution in [-0.2, 0) is 11.3 Å². The van der Waals surface area contributed by atoms with E-state index in [9.17, 15) is 0 Å². The second-order valence-electron chi connectivity index (χ2n) is 6.37. The minimum Gasteiger partial charge on any atom is -0.378 e. The van der Waals surface area contributed by atoms with Crippen molar-refractivity contribution in [2.45, 2.75) is 39.8 Å². The maximum absolute atomic E-state index is 5.78. The van der Waals surface area contributed by atoms with Gasteiger partial charge in [0, 0.05) is 45.3 Å². The van der Waals surface area contributed by atoms with Crippen LogP contribution < -0.4 is 10.6 Å². The molecular weight excluding hydrogens is 328 g/mol. The lowest BCUT2D eigenvalue weighted by Crippen LogP contribution is -2.39. The van der Waals surface area contributed by atoms with E-state index in [0.29, 0.717) is 12.5 Å². The summed E-state index contributed by atoms with van der Waals surface area (Å²) in [7, 11) is 1.78. The normalized spacial score (nSPS) is 13.0. The van der Waals surface area contributed by atoms with Gasteiger partial charge in [0.15, 0.2) is 5.96 Å². The lowest BCUT2D eigenvalue weighted by molar-refractivity contribution is 0.0258. The molecule has 0 saturated carbocycles. The van der Waals surface area contributed by atoms with E-state index in [4.69, 9.17) is 4.74 Å². The summed E-state index contributed by atoms with van der Waals surface area (Å²) < 4.78 is 7.67. The molecule has 0 radical (unpaired) electrons. The molecule has 142 valence electrons. The maximum Gasteiger partial charge on any atom is 0.191 e. The van der Waals surface area contributed by atoms with Crippen LogP contribution in [0.3, 0.4) is 0 Å². The van der Waals surface area contributed by atoms with Crippen molar-refractivity contribution in [1.82, 2.24) is 25.2 Å². The van der Waals surface area contributed by atoms with Crippen LogP contribution in [0.2, 0.25) is 0 Å². The predicted molar refractivity (Wildman–Crippen MR) is 104 cm³/mol. The first-order valence-corrected chi connectivity index (χ1v) is 9.13. The minimum absolute atomic E-state index is 0.267. The molecule has 1 unspecified atom stereocenters. The first kappa shape index (κ1) is 19.9. The van der Waals surface area contributed by atoms with E-state index in [1.165, 1.54) is 0 Å². The summed E-state index contributed by atoms with van der Waals surface area (Å²) in [5.74, 6) is 2.14. The number of rotatable bonds is 9. The Morgan fingerprint density at radius 2 is 2.15 bits per heavy atom. The van der Waals surface area contributed by atoms with Crippen LogP contribution in [-0.4, -0.2) is 46.8 Å². The third-order valence-corrected chi connectivity index (χ3v) is 4.11. The van der Waals surface area contributed by atoms with E-state index in [0.717, 1.165) is 36.9 Å². The summed E-state index contributed by atoms with van der Waals surface area (Å²) in [4.78, 5) is 12.7. The molecule has 0 aliphatic heterocycles. The van der Waals surface area contributed by atoms with Crippen LogP contribution in [0.1, 0.15) is 32.8 Å². The topological polar surface area (TPSA) is 76.4 Å². The SMILES string of the molecule is CCOC(CCNC(=NC)NCc1ccnc(-n2ccnc2)c1)C(C)C. The number of hydrogen-bond acceptors (Lipinski definition) is 4. The Balaban J connectivity index is 1.83. The number of aliphatic imine (C=N–C) groups is 1. The molecule has 0 aliphatic rings. The summed E-state index contributed by atoms with van der Waals surface area (Å²) in [6.07, 6.45) is 8.38. The summed E-state index contributed by atoms with van der Waals surface area (Å²) in [6.45, 7) is 8.65. The molecule has 2 aromatic rings. The van der Waals surface area contributed by atoms with E-state index < -0.39 is 0 Å². The fraction of sp³-hybridized carbons (Fsp3) is 0.526. The molecule has 1 atom stereocenters. The molecule has 26 heavy (non-hydrogen) atoms. The van der Waals surface area contributed by atoms with Gasteiger partial charge in [0.25, 0.3) is 0 Å². The number of nitrogens with zero attached hydrogens (tertiary/aromatic N) is 4. The van der Waals surface area contributed by atoms with Crippen molar-refractivity contribution in [3.8, 4) is 5.82 Å². The Hall–Kier alpha value is -2.41. The average molecular weight is 358 g/mol. The Bertz CT molecular complexity index is 668. The lowest BCUT2D eigenvalue weighted by Gasteiger charge is -2.21. The van der Waals surface area contributed by atoms with Gasteiger partial charge in [-0.25, -0.2) is 9.97 Å². The van der Waals surface area contributed by atoms with Gasteiger partial charge in [-0.15, -0.1) is 0 Å². The highest BCUT2D eigenvalue weighted by Gasteiger charge is 2.13. The van der Waals surface area contributed by atoms with Gasteiger partial charge in [-0.3, -0.25) is 9.56 Å². The molecule has 2 aromatic heterocycles. The predicted octanol–water partition coefficient (Wildman–Crippen LogP) is 2.38. The Morgan fingerprint density at radius 1 is 1.31 bits per heavy atom. The molecule has 0 aromatic carbocycles. The van der Waals surface area contributed by atoms with Crippen LogP contribution in [0.5, 0.6) is 0 Å². The van der Waals surface area contributed by atoms with Crippen molar-refractivity contribution in [2.24, 2.45) is 10.9 Å². The van der Waals surface area contributed by atoms with Crippen LogP contribution in [0.4, 0.5) is 0 Å². The second kappa shape index (κ2) is 10.6. The Morgan fingerprint density at radius 3 is 2.81 bits per heavy atom. The fourth-order valence-corrected chi connectivity index (χ4v) is 2.67. The molecule has 0 aliphatic carbocycles. The summed E-state index contributed by atoms with van der Waals surface area (Å²) in [5, 5.41) is 6.69. The molecule has 0 amide bonds. The lowest BCUT2D eigenvalue weighted by atomic mass is 10.0. The van der Waals surface area contributed by atoms with Crippen LogP contribution >= 0.6 is 0 Å². The van der Waals surface area contributed by atoms with Gasteiger partial charge in [0.1, 0.15) is 12.1 Å². The van der Waals surface area contributed by atoms with Crippen molar-refractivity contribution >= 4 is 5.96 Å². The van der Waals surface area contributed by atoms with Gasteiger partial charge in [0.05, 0.1) is 6.10 Å². The largest absolute Gasteiger partial charge is 0.378 e. The van der Waals surface area contributed by atoms with Crippen molar-refractivity contribution in [3.05, 3.63) is 42.6 Å². The third kappa shape index (κ3) is 6.15. The molecule has 2 rings (SSSR count). The van der Waals surface area contributed by atoms with E-state index >= 15 is 0 Å². The maximum atomic E-state index is 5.78. The summed E-state index contributed by atoms with van der Waals surface area (Å²) in [5.41, 5.74) is 1.13. The molecule has 2 N–H and O–H groups in total. The van der Waals surface area contributed by atoms with E-state index in [-0.39, 0.29) is 6.10 Å². The van der Waals surface area contributed by atoms with E-state index in [2.05, 4.69) is 39.4 Å². The molecule has 2 heterocycles. The van der Waals surface area contributed by atoms with Crippen molar-refractivity contribution in [2.75, 3.05) is 20.2 Å². The zero-order valence-corrected chi connectivity index (χ0v) is 16.1. The quantitative estimate of drug-likeness (QED) is 0.532. The zero-order valence-electron chi connectivity index (χ0n) is 16.1. The highest BCUT2D eigenvalue weighted by atomic mass is 16.5. The number of pyridine rings is 1. The first-order valence-electron chi connectivity index (χ1n) is 9.13. The van der Waals surface area contributed by atoms with Gasteiger partial charge in [0.2, 0.25) is 0 Å². The number of imidazole rings is 1. The van der Waals surface area contributed by atoms with Crippen molar-refractivity contribution in [3.63, 3.8) is 0 Å². The van der Waals surface area contributed by atoms with Gasteiger partial charge < -0.3 is 15.4 Å². The fourth-order valence-electron chi connectivity index (χ4n) is 2.67. The molecule has 0 spiro atoms. The third-order valence-electron chi connectivity index (χ3n) is 4.11. The van der Waals surface area contributed by atoms with Crippen molar-refractivity contribution < 1.29 is 4.74 Å². The summed E-state index contributed by atoms with van der Waals surface area (Å²) in [6, 6.07) is 4.02. The standard InChI is InChI=1S/C19H30N6O/c1-5-26-17(15(2)3)7-9-23-19(20-4)24-13-16-6-8-22-18(12-16)25-11-10-21-14-25/h6,8,10-12,14-15,17H,5,7,9,13H2,1-4H3,(H2,20,23,24). The van der Waals surface area contributed by atoms with Gasteiger partial charge in [-0.05, 0) is 37.0 Å². The number of hydrogen-bond donors (Lipinski definition) is 2. The number of nitrogens with one attached hydrogen (secondary N) is 2. The average Bonchev–Trinajstić information content (AvgIpc) is 3.18. The summed E-state index contributed by atoms with van der Waals surface area (Å²) >= 11 is 0. The number of aromatic nitrogens is 3. The van der Waals surface area contributed by atoms with Crippen molar-refractivity contribution in [1.29, 1.82) is 0 Å². The minimum atomic E-state index is 0.267. The van der Waals surface area contributed by atoms with Gasteiger partial charge >= 0.3 is 0 Å². The molecule has 7 heteroatoms. The van der Waals surface area contributed by atoms with E-state index in [1.807, 2.05) is 29.8 Å². The highest BCUT2D eigenvalue weighted by molar-refractivity contribution is 5.79. The molecule has 0 bridgehead atoms. The van der Waals surface area contributed by atoms with Crippen LogP contribution in [0.15, 0.2) is 42.0 Å². The van der Waals surface area contributed by atoms with Gasteiger partial charge in [-0.1, -0.05) is 13.8 Å². The molecule has 0 saturated heterocycles. The number of ether oxygens (including phenoxy) is 1. The Kier molecular flexibility index (Phi) is 8.08. The smallest absolute Gasteiger partial charge is 0.191 e.